The third kappa shape index (κ3) is 4.21. The number of nitrogens with zero attached hydrogens (tertiary/aromatic N) is 1. The summed E-state index contributed by atoms with van der Waals surface area (Å²) in [5.74, 6) is 1.25. The standard InChI is InChI=1S/C16H26N2O3S/c1-4-22(19,20)17-12-14-6-5-11-18(2)16(14)13-7-9-15(21-3)10-8-13/h7-10,14,16-17H,4-6,11-12H2,1-3H3/t14-,16+/m1/s1. The second kappa shape index (κ2) is 7.44. The van der Waals surface area contributed by atoms with Gasteiger partial charge in [-0.1, -0.05) is 12.1 Å². The molecule has 1 aliphatic heterocycles. The van der Waals surface area contributed by atoms with Crippen LogP contribution in [0.5, 0.6) is 5.75 Å². The summed E-state index contributed by atoms with van der Waals surface area (Å²) in [6.07, 6.45) is 2.13. The highest BCUT2D eigenvalue weighted by molar-refractivity contribution is 7.89. The van der Waals surface area contributed by atoms with Gasteiger partial charge < -0.3 is 4.74 Å². The fraction of sp³-hybridized carbons (Fsp3) is 0.625. The highest BCUT2D eigenvalue weighted by Gasteiger charge is 2.31. The van der Waals surface area contributed by atoms with Gasteiger partial charge in [0.2, 0.25) is 10.0 Å². The number of hydrogen-bond donors (Lipinski definition) is 1. The number of benzene rings is 1. The Labute approximate surface area is 133 Å². The smallest absolute Gasteiger partial charge is 0.211 e. The number of ether oxygens (including phenoxy) is 1. The number of hydrogen-bond acceptors (Lipinski definition) is 4. The molecule has 0 unspecified atom stereocenters. The lowest BCUT2D eigenvalue weighted by atomic mass is 9.85. The number of piperidine rings is 1. The monoisotopic (exact) mass is 326 g/mol. The van der Waals surface area contributed by atoms with Gasteiger partial charge in [0.15, 0.2) is 0 Å². The van der Waals surface area contributed by atoms with Crippen LogP contribution in [0.15, 0.2) is 24.3 Å². The maximum Gasteiger partial charge on any atom is 0.211 e. The van der Waals surface area contributed by atoms with Gasteiger partial charge in [0.25, 0.3) is 0 Å². The maximum atomic E-state index is 11.7. The van der Waals surface area contributed by atoms with Crippen LogP contribution in [0.1, 0.15) is 31.4 Å². The Kier molecular flexibility index (Phi) is 5.83. The Hall–Kier alpha value is -1.11. The molecule has 0 saturated carbocycles. The highest BCUT2D eigenvalue weighted by atomic mass is 32.2. The summed E-state index contributed by atoms with van der Waals surface area (Å²) in [5, 5.41) is 0. The quantitative estimate of drug-likeness (QED) is 0.869. The molecule has 5 nitrogen and oxygen atoms in total. The second-order valence-electron chi connectivity index (χ2n) is 5.85. The van der Waals surface area contributed by atoms with Gasteiger partial charge in [-0.15, -0.1) is 0 Å². The Morgan fingerprint density at radius 3 is 2.59 bits per heavy atom. The molecule has 22 heavy (non-hydrogen) atoms. The van der Waals surface area contributed by atoms with Crippen LogP contribution in [0.25, 0.3) is 0 Å². The molecule has 124 valence electrons. The lowest BCUT2D eigenvalue weighted by Crippen LogP contribution is -2.42. The van der Waals surface area contributed by atoms with Crippen LogP contribution in [0.3, 0.4) is 0 Å². The van der Waals surface area contributed by atoms with Crippen molar-refractivity contribution in [1.29, 1.82) is 0 Å². The summed E-state index contributed by atoms with van der Waals surface area (Å²) >= 11 is 0. The van der Waals surface area contributed by atoms with Crippen molar-refractivity contribution in [3.8, 4) is 5.75 Å². The molecular weight excluding hydrogens is 300 g/mol. The van der Waals surface area contributed by atoms with Crippen LogP contribution in [-0.4, -0.2) is 46.3 Å². The fourth-order valence-corrected chi connectivity index (χ4v) is 3.81. The van der Waals surface area contributed by atoms with Gasteiger partial charge in [0.1, 0.15) is 5.75 Å². The Morgan fingerprint density at radius 1 is 1.32 bits per heavy atom. The van der Waals surface area contributed by atoms with E-state index in [0.29, 0.717) is 6.54 Å². The molecule has 6 heteroatoms. The predicted molar refractivity (Wildman–Crippen MR) is 88.6 cm³/mol. The molecule has 1 aromatic carbocycles. The topological polar surface area (TPSA) is 58.6 Å². The molecule has 0 aliphatic carbocycles. The number of nitrogens with one attached hydrogen (secondary N) is 1. The number of sulfonamides is 1. The van der Waals surface area contributed by atoms with Crippen molar-refractivity contribution in [3.63, 3.8) is 0 Å². The summed E-state index contributed by atoms with van der Waals surface area (Å²) in [6.45, 7) is 3.20. The number of rotatable bonds is 6. The predicted octanol–water partition coefficient (Wildman–Crippen LogP) is 2.02. The molecule has 0 radical (unpaired) electrons. The first-order valence-corrected chi connectivity index (χ1v) is 9.43. The van der Waals surface area contributed by atoms with Crippen LogP contribution in [0.4, 0.5) is 0 Å². The van der Waals surface area contributed by atoms with Crippen molar-refractivity contribution in [2.24, 2.45) is 5.92 Å². The Balaban J connectivity index is 2.15. The van der Waals surface area contributed by atoms with E-state index < -0.39 is 10.0 Å². The third-order valence-electron chi connectivity index (χ3n) is 4.41. The average molecular weight is 326 g/mol. The fourth-order valence-electron chi connectivity index (χ4n) is 3.14. The van der Waals surface area contributed by atoms with Gasteiger partial charge >= 0.3 is 0 Å². The van der Waals surface area contributed by atoms with E-state index in [1.54, 1.807) is 14.0 Å². The lowest BCUT2D eigenvalue weighted by molar-refractivity contribution is 0.123. The summed E-state index contributed by atoms with van der Waals surface area (Å²) in [7, 11) is 0.622. The average Bonchev–Trinajstić information content (AvgIpc) is 2.53. The minimum atomic E-state index is -3.14. The molecular formula is C16H26N2O3S. The van der Waals surface area contributed by atoms with Crippen molar-refractivity contribution >= 4 is 10.0 Å². The van der Waals surface area contributed by atoms with Crippen LogP contribution in [-0.2, 0) is 10.0 Å². The molecule has 1 saturated heterocycles. The molecule has 1 heterocycles. The van der Waals surface area contributed by atoms with Crippen molar-refractivity contribution in [2.45, 2.75) is 25.8 Å². The lowest BCUT2D eigenvalue weighted by Gasteiger charge is -2.39. The molecule has 1 fully saturated rings. The van der Waals surface area contributed by atoms with E-state index in [4.69, 9.17) is 4.74 Å². The summed E-state index contributed by atoms with van der Waals surface area (Å²) in [5.41, 5.74) is 1.21. The van der Waals surface area contributed by atoms with Crippen LogP contribution in [0, 0.1) is 5.92 Å². The van der Waals surface area contributed by atoms with Crippen molar-refractivity contribution in [2.75, 3.05) is 33.0 Å². The minimum Gasteiger partial charge on any atom is -0.497 e. The molecule has 0 spiro atoms. The molecule has 1 N–H and O–H groups in total. The number of methoxy groups -OCH3 is 1. The van der Waals surface area contributed by atoms with Gasteiger partial charge in [0.05, 0.1) is 12.9 Å². The van der Waals surface area contributed by atoms with Crippen LogP contribution < -0.4 is 9.46 Å². The SMILES string of the molecule is CCS(=O)(=O)NC[C@H]1CCCN(C)[C@H]1c1ccc(OC)cc1. The largest absolute Gasteiger partial charge is 0.497 e. The van der Waals surface area contributed by atoms with E-state index in [9.17, 15) is 8.42 Å². The maximum absolute atomic E-state index is 11.7. The van der Waals surface area contributed by atoms with Crippen LogP contribution in [0.2, 0.25) is 0 Å². The van der Waals surface area contributed by atoms with Gasteiger partial charge in [-0.2, -0.15) is 0 Å². The minimum absolute atomic E-state index is 0.128. The molecule has 2 atom stereocenters. The zero-order valence-electron chi connectivity index (χ0n) is 13.6. The van der Waals surface area contributed by atoms with Crippen molar-refractivity contribution < 1.29 is 13.2 Å². The van der Waals surface area contributed by atoms with Gasteiger partial charge in [-0.25, -0.2) is 13.1 Å². The normalized spacial score (nSPS) is 23.4. The Morgan fingerprint density at radius 2 is 2.00 bits per heavy atom. The van der Waals surface area contributed by atoms with Gasteiger partial charge in [-0.3, -0.25) is 4.90 Å². The molecule has 0 aromatic heterocycles. The van der Waals surface area contributed by atoms with Crippen molar-refractivity contribution in [1.82, 2.24) is 9.62 Å². The second-order valence-corrected chi connectivity index (χ2v) is 7.95. The molecule has 0 amide bonds. The van der Waals surface area contributed by atoms with Crippen molar-refractivity contribution in [3.05, 3.63) is 29.8 Å². The summed E-state index contributed by atoms with van der Waals surface area (Å²) in [4.78, 5) is 2.32. The molecule has 1 aromatic rings. The highest BCUT2D eigenvalue weighted by Crippen LogP contribution is 2.35. The summed E-state index contributed by atoms with van der Waals surface area (Å²) < 4.78 is 31.4. The van der Waals surface area contributed by atoms with Gasteiger partial charge in [0, 0.05) is 12.6 Å². The number of likely N-dealkylation sites (tertiary alicyclic amines) is 1. The first-order chi connectivity index (χ1) is 10.5. The summed E-state index contributed by atoms with van der Waals surface area (Å²) in [6, 6.07) is 8.31. The van der Waals surface area contributed by atoms with E-state index in [1.807, 2.05) is 12.1 Å². The van der Waals surface area contributed by atoms with E-state index in [1.165, 1.54) is 5.56 Å². The van der Waals surface area contributed by atoms with E-state index >= 15 is 0 Å². The zero-order valence-corrected chi connectivity index (χ0v) is 14.4. The van der Waals surface area contributed by atoms with E-state index in [-0.39, 0.29) is 17.7 Å². The first-order valence-electron chi connectivity index (χ1n) is 7.78. The zero-order chi connectivity index (χ0) is 16.2. The van der Waals surface area contributed by atoms with Crippen LogP contribution >= 0.6 is 0 Å². The molecule has 0 bridgehead atoms. The Bertz CT molecular complexity index is 572. The van der Waals surface area contributed by atoms with E-state index in [2.05, 4.69) is 28.8 Å². The van der Waals surface area contributed by atoms with E-state index in [0.717, 1.165) is 25.1 Å². The first kappa shape index (κ1) is 17.2. The molecule has 2 rings (SSSR count). The van der Waals surface area contributed by atoms with Gasteiger partial charge in [-0.05, 0) is 57.0 Å². The third-order valence-corrected chi connectivity index (χ3v) is 5.78. The molecule has 1 aliphatic rings.